The fourth-order valence-corrected chi connectivity index (χ4v) is 9.82. The minimum atomic E-state index is -1.07. The van der Waals surface area contributed by atoms with Crippen LogP contribution in [0.2, 0.25) is 0 Å². The average Bonchev–Trinajstić information content (AvgIpc) is 3.62. The molecule has 6 atom stereocenters. The Morgan fingerprint density at radius 2 is 1.51 bits per heavy atom. The van der Waals surface area contributed by atoms with Crippen LogP contribution < -0.4 is 4.90 Å². The van der Waals surface area contributed by atoms with Crippen molar-refractivity contribution >= 4 is 5.69 Å². The number of benzene rings is 1. The van der Waals surface area contributed by atoms with Crippen LogP contribution in [0.5, 0.6) is 0 Å². The summed E-state index contributed by atoms with van der Waals surface area (Å²) in [7, 11) is 4.13. The van der Waals surface area contributed by atoms with Crippen LogP contribution in [0.3, 0.4) is 0 Å². The van der Waals surface area contributed by atoms with E-state index in [9.17, 15) is 10.2 Å². The van der Waals surface area contributed by atoms with Crippen molar-refractivity contribution in [2.75, 3.05) is 45.4 Å². The van der Waals surface area contributed by atoms with Gasteiger partial charge in [0.05, 0.1) is 32.0 Å². The second kappa shape index (κ2) is 8.76. The first-order valence-corrected chi connectivity index (χ1v) is 15.0. The van der Waals surface area contributed by atoms with E-state index in [4.69, 9.17) is 18.9 Å². The molecule has 2 N–H and O–H groups in total. The van der Waals surface area contributed by atoms with E-state index in [2.05, 4.69) is 50.2 Å². The SMILES string of the molecule is CN(C)c1ccc(C2C[C@@]3(C)[C@@H](CC[C@]3(O)C3(C)OCCO3)[C@@H]3CC[C@@]4(O)CC5(CCC4=C23)OCCO5)cc1. The van der Waals surface area contributed by atoms with Crippen LogP contribution in [0.25, 0.3) is 0 Å². The van der Waals surface area contributed by atoms with Gasteiger partial charge in [-0.2, -0.15) is 0 Å². The van der Waals surface area contributed by atoms with Gasteiger partial charge in [0, 0.05) is 44.0 Å². The first-order valence-electron chi connectivity index (χ1n) is 15.0. The van der Waals surface area contributed by atoms with E-state index in [-0.39, 0.29) is 11.3 Å². The maximum Gasteiger partial charge on any atom is 0.195 e. The van der Waals surface area contributed by atoms with Gasteiger partial charge in [-0.15, -0.1) is 0 Å². The third-order valence-corrected chi connectivity index (χ3v) is 11.8. The number of allylic oxidation sites excluding steroid dienone is 1. The molecule has 1 unspecified atom stereocenters. The predicted molar refractivity (Wildman–Crippen MR) is 147 cm³/mol. The number of hydrogen-bond donors (Lipinski definition) is 2. The molecular weight excluding hydrogens is 494 g/mol. The highest BCUT2D eigenvalue weighted by molar-refractivity contribution is 5.50. The van der Waals surface area contributed by atoms with Gasteiger partial charge >= 0.3 is 0 Å². The third kappa shape index (κ3) is 3.63. The lowest BCUT2D eigenvalue weighted by Crippen LogP contribution is -2.63. The van der Waals surface area contributed by atoms with Crippen molar-refractivity contribution in [2.45, 2.75) is 93.9 Å². The second-order valence-corrected chi connectivity index (χ2v) is 13.7. The van der Waals surface area contributed by atoms with Crippen LogP contribution in [-0.2, 0) is 18.9 Å². The maximum atomic E-state index is 12.5. The number of nitrogens with zero attached hydrogens (tertiary/aromatic N) is 1. The molecule has 2 heterocycles. The smallest absolute Gasteiger partial charge is 0.195 e. The lowest BCUT2D eigenvalue weighted by Gasteiger charge is -2.59. The molecule has 2 saturated heterocycles. The van der Waals surface area contributed by atoms with Gasteiger partial charge in [-0.3, -0.25) is 0 Å². The number of anilines is 1. The van der Waals surface area contributed by atoms with Crippen molar-refractivity contribution in [3.8, 4) is 0 Å². The van der Waals surface area contributed by atoms with E-state index in [0.717, 1.165) is 32.1 Å². The zero-order chi connectivity index (χ0) is 27.3. The van der Waals surface area contributed by atoms with Gasteiger partial charge in [0.15, 0.2) is 11.6 Å². The van der Waals surface area contributed by atoms with Gasteiger partial charge in [0.25, 0.3) is 0 Å². The molecule has 1 aromatic rings. The van der Waals surface area contributed by atoms with Crippen LogP contribution in [0.1, 0.15) is 76.7 Å². The van der Waals surface area contributed by atoms with E-state index in [0.29, 0.717) is 57.5 Å². The summed E-state index contributed by atoms with van der Waals surface area (Å²) >= 11 is 0. The highest BCUT2D eigenvalue weighted by Gasteiger charge is 2.71. The number of ether oxygens (including phenoxy) is 4. The summed E-state index contributed by atoms with van der Waals surface area (Å²) in [5.41, 5.74) is 2.73. The topological polar surface area (TPSA) is 80.6 Å². The van der Waals surface area contributed by atoms with Gasteiger partial charge in [-0.05, 0) is 80.6 Å². The summed E-state index contributed by atoms with van der Waals surface area (Å²) in [6.07, 6.45) is 6.15. The van der Waals surface area contributed by atoms with E-state index in [1.165, 1.54) is 22.4 Å². The largest absolute Gasteiger partial charge is 0.385 e. The summed E-state index contributed by atoms with van der Waals surface area (Å²) in [5, 5.41) is 24.8. The number of aliphatic hydroxyl groups is 2. The lowest BCUT2D eigenvalue weighted by atomic mass is 9.49. The molecular formula is C32H45NO6. The molecule has 7 rings (SSSR count). The number of fused-ring (bicyclic) bond motifs is 4. The zero-order valence-corrected chi connectivity index (χ0v) is 24.0. The zero-order valence-electron chi connectivity index (χ0n) is 24.0. The molecule has 7 heteroatoms. The van der Waals surface area contributed by atoms with Crippen molar-refractivity contribution in [2.24, 2.45) is 17.3 Å². The Balaban J connectivity index is 1.35. The molecule has 0 amide bonds. The Labute approximate surface area is 232 Å². The van der Waals surface area contributed by atoms with Gasteiger partial charge in [-0.1, -0.05) is 24.6 Å². The minimum absolute atomic E-state index is 0.114. The van der Waals surface area contributed by atoms with Crippen LogP contribution in [0, 0.1) is 17.3 Å². The van der Waals surface area contributed by atoms with E-state index in [1.54, 1.807) is 0 Å². The van der Waals surface area contributed by atoms with Crippen molar-refractivity contribution in [1.29, 1.82) is 0 Å². The molecule has 1 aromatic carbocycles. The summed E-state index contributed by atoms with van der Waals surface area (Å²) < 4.78 is 24.5. The molecule has 3 saturated carbocycles. The second-order valence-electron chi connectivity index (χ2n) is 13.7. The Morgan fingerprint density at radius 3 is 2.18 bits per heavy atom. The van der Waals surface area contributed by atoms with Gasteiger partial charge in [-0.25, -0.2) is 0 Å². The van der Waals surface area contributed by atoms with Crippen molar-refractivity contribution in [1.82, 2.24) is 0 Å². The summed E-state index contributed by atoms with van der Waals surface area (Å²) in [6, 6.07) is 8.91. The standard InChI is InChI=1S/C32H45NO6/c1-28-19-24(21-5-7-22(8-6-21)33(3)4)27-23(25(28)11-14-32(28,35)29(2)36-15-16-37-29)9-12-30(34)20-31(13-10-26(27)30)38-17-18-39-31/h5-8,23-25,34-35H,9-20H2,1-4H3/t23-,24?,25-,28-,30+,32+/m0/s1. The molecule has 4 aliphatic carbocycles. The Kier molecular flexibility index (Phi) is 5.94. The van der Waals surface area contributed by atoms with Crippen LogP contribution >= 0.6 is 0 Å². The van der Waals surface area contributed by atoms with Crippen LogP contribution in [0.4, 0.5) is 5.69 Å². The Bertz CT molecular complexity index is 1150. The molecule has 6 aliphatic rings. The van der Waals surface area contributed by atoms with Crippen LogP contribution in [-0.4, -0.2) is 73.5 Å². The van der Waals surface area contributed by atoms with Crippen molar-refractivity contribution in [3.05, 3.63) is 41.0 Å². The highest BCUT2D eigenvalue weighted by Crippen LogP contribution is 2.70. The first-order chi connectivity index (χ1) is 18.5. The number of rotatable bonds is 3. The van der Waals surface area contributed by atoms with Crippen molar-refractivity contribution < 1.29 is 29.2 Å². The molecule has 214 valence electrons. The normalized spacial score (nSPS) is 42.4. The van der Waals surface area contributed by atoms with Gasteiger partial charge in [0.2, 0.25) is 0 Å². The van der Waals surface area contributed by atoms with Gasteiger partial charge < -0.3 is 34.1 Å². The van der Waals surface area contributed by atoms with E-state index < -0.39 is 22.8 Å². The fraction of sp³-hybridized carbons (Fsp3) is 0.750. The number of hydrogen-bond acceptors (Lipinski definition) is 7. The first kappa shape index (κ1) is 26.4. The fourth-order valence-electron chi connectivity index (χ4n) is 9.82. The molecule has 39 heavy (non-hydrogen) atoms. The highest BCUT2D eigenvalue weighted by atomic mass is 16.8. The molecule has 1 spiro atoms. The summed E-state index contributed by atoms with van der Waals surface area (Å²) in [5.74, 6) is -0.896. The summed E-state index contributed by atoms with van der Waals surface area (Å²) in [6.45, 7) is 6.49. The summed E-state index contributed by atoms with van der Waals surface area (Å²) in [4.78, 5) is 2.12. The van der Waals surface area contributed by atoms with Gasteiger partial charge in [0.1, 0.15) is 5.60 Å². The molecule has 0 aromatic heterocycles. The Hall–Kier alpha value is -1.48. The molecule has 0 radical (unpaired) electrons. The quantitative estimate of drug-likeness (QED) is 0.547. The van der Waals surface area contributed by atoms with Crippen LogP contribution in [0.15, 0.2) is 35.4 Å². The van der Waals surface area contributed by atoms with E-state index in [1.807, 2.05) is 6.92 Å². The Morgan fingerprint density at radius 1 is 0.846 bits per heavy atom. The third-order valence-electron chi connectivity index (χ3n) is 11.8. The average molecular weight is 540 g/mol. The molecule has 5 fully saturated rings. The molecule has 0 bridgehead atoms. The molecule has 2 aliphatic heterocycles. The maximum absolute atomic E-state index is 12.5. The van der Waals surface area contributed by atoms with E-state index >= 15 is 0 Å². The minimum Gasteiger partial charge on any atom is -0.385 e. The predicted octanol–water partition coefficient (Wildman–Crippen LogP) is 4.52. The molecule has 7 nitrogen and oxygen atoms in total. The van der Waals surface area contributed by atoms with Crippen molar-refractivity contribution in [3.63, 3.8) is 0 Å². The lowest BCUT2D eigenvalue weighted by molar-refractivity contribution is -0.296. The monoisotopic (exact) mass is 539 g/mol.